The van der Waals surface area contributed by atoms with E-state index >= 15 is 0 Å². The van der Waals surface area contributed by atoms with Gasteiger partial charge in [-0.3, -0.25) is 0 Å². The van der Waals surface area contributed by atoms with Crippen LogP contribution >= 0.6 is 0 Å². The van der Waals surface area contributed by atoms with Crippen LogP contribution in [-0.2, 0) is 0 Å². The summed E-state index contributed by atoms with van der Waals surface area (Å²) in [7, 11) is 0. The van der Waals surface area contributed by atoms with E-state index in [4.69, 9.17) is 10.8 Å². The molecule has 4 rings (SSSR count). The molecule has 1 aliphatic rings. The van der Waals surface area contributed by atoms with Crippen LogP contribution in [0.5, 0.6) is 0 Å². The van der Waals surface area contributed by atoms with E-state index in [1.807, 2.05) is 16.9 Å². The molecule has 0 aliphatic carbocycles. The fraction of sp³-hybridized carbons (Fsp3) is 0.333. The van der Waals surface area contributed by atoms with E-state index in [1.165, 1.54) is 16.7 Å². The summed E-state index contributed by atoms with van der Waals surface area (Å²) in [5.74, 6) is 0.976. The minimum Gasteiger partial charge on any atom is -0.353 e. The fourth-order valence-electron chi connectivity index (χ4n) is 3.36. The lowest BCUT2D eigenvalue weighted by atomic mass is 10.0. The molecule has 1 atom stereocenters. The van der Waals surface area contributed by atoms with Gasteiger partial charge in [-0.25, -0.2) is 9.50 Å². The van der Waals surface area contributed by atoms with Crippen LogP contribution in [0.4, 0.5) is 5.82 Å². The molecule has 3 heterocycles. The number of rotatable bonds is 2. The van der Waals surface area contributed by atoms with E-state index in [2.05, 4.69) is 48.0 Å². The third-order valence-electron chi connectivity index (χ3n) is 4.55. The Morgan fingerprint density at radius 2 is 2.09 bits per heavy atom. The smallest absolute Gasteiger partial charge is 0.154 e. The van der Waals surface area contributed by atoms with Gasteiger partial charge in [-0.1, -0.05) is 23.8 Å². The first-order chi connectivity index (χ1) is 11.1. The Balaban J connectivity index is 1.82. The quantitative estimate of drug-likeness (QED) is 0.790. The summed E-state index contributed by atoms with van der Waals surface area (Å²) in [5.41, 5.74) is 11.7. The predicted octanol–water partition coefficient (Wildman–Crippen LogP) is 2.55. The maximum Gasteiger partial charge on any atom is 0.154 e. The third-order valence-corrected chi connectivity index (χ3v) is 4.55. The van der Waals surface area contributed by atoms with Crippen molar-refractivity contribution in [3.05, 3.63) is 47.8 Å². The molecule has 2 aromatic heterocycles. The number of anilines is 1. The molecule has 1 fully saturated rings. The molecule has 1 saturated heterocycles. The summed E-state index contributed by atoms with van der Waals surface area (Å²) in [6.45, 7) is 6.05. The Hall–Kier alpha value is -2.40. The molecule has 23 heavy (non-hydrogen) atoms. The van der Waals surface area contributed by atoms with Crippen LogP contribution < -0.4 is 10.6 Å². The van der Waals surface area contributed by atoms with Crippen LogP contribution in [0.3, 0.4) is 0 Å². The van der Waals surface area contributed by atoms with Gasteiger partial charge >= 0.3 is 0 Å². The number of benzene rings is 1. The Kier molecular flexibility index (Phi) is 3.31. The van der Waals surface area contributed by atoms with Crippen LogP contribution in [0.25, 0.3) is 16.8 Å². The Labute approximate surface area is 135 Å². The van der Waals surface area contributed by atoms with Gasteiger partial charge in [-0.05, 0) is 31.9 Å². The summed E-state index contributed by atoms with van der Waals surface area (Å²) in [6.07, 6.45) is 4.73. The maximum atomic E-state index is 6.04. The first kappa shape index (κ1) is 14.2. The van der Waals surface area contributed by atoms with Crippen LogP contribution in [0.2, 0.25) is 0 Å². The molecule has 0 radical (unpaired) electrons. The lowest BCUT2D eigenvalue weighted by Gasteiger charge is -2.17. The lowest BCUT2D eigenvalue weighted by Crippen LogP contribution is -2.27. The molecule has 1 aromatic carbocycles. The topological polar surface area (TPSA) is 59.5 Å². The van der Waals surface area contributed by atoms with Crippen LogP contribution in [0.15, 0.2) is 36.7 Å². The fourth-order valence-corrected chi connectivity index (χ4v) is 3.36. The molecule has 5 heteroatoms. The highest BCUT2D eigenvalue weighted by atomic mass is 15.3. The molecular formula is C18H21N5. The molecule has 0 saturated carbocycles. The summed E-state index contributed by atoms with van der Waals surface area (Å²) in [5, 5.41) is 4.74. The van der Waals surface area contributed by atoms with E-state index in [-0.39, 0.29) is 6.04 Å². The van der Waals surface area contributed by atoms with E-state index < -0.39 is 0 Å². The molecule has 3 aromatic rings. The summed E-state index contributed by atoms with van der Waals surface area (Å²) in [6, 6.07) is 8.83. The zero-order chi connectivity index (χ0) is 16.0. The van der Waals surface area contributed by atoms with Crippen molar-refractivity contribution in [3.8, 4) is 11.3 Å². The second-order valence-corrected chi connectivity index (χ2v) is 6.42. The molecule has 0 bridgehead atoms. The van der Waals surface area contributed by atoms with Gasteiger partial charge in [-0.2, -0.15) is 5.10 Å². The van der Waals surface area contributed by atoms with Crippen molar-refractivity contribution in [1.82, 2.24) is 14.6 Å². The number of nitrogens with two attached hydrogens (primary N) is 1. The van der Waals surface area contributed by atoms with Crippen molar-refractivity contribution < 1.29 is 0 Å². The highest BCUT2D eigenvalue weighted by molar-refractivity contribution is 5.76. The van der Waals surface area contributed by atoms with E-state index in [0.29, 0.717) is 0 Å². The van der Waals surface area contributed by atoms with Gasteiger partial charge in [0.2, 0.25) is 0 Å². The van der Waals surface area contributed by atoms with Gasteiger partial charge in [0.1, 0.15) is 5.52 Å². The number of hydrogen-bond donors (Lipinski definition) is 1. The minimum absolute atomic E-state index is 0.235. The van der Waals surface area contributed by atoms with Crippen LogP contribution in [-0.4, -0.2) is 33.7 Å². The van der Waals surface area contributed by atoms with Crippen LogP contribution in [0, 0.1) is 13.8 Å². The summed E-state index contributed by atoms with van der Waals surface area (Å²) in [4.78, 5) is 6.83. The highest BCUT2D eigenvalue weighted by Crippen LogP contribution is 2.28. The van der Waals surface area contributed by atoms with Crippen molar-refractivity contribution in [1.29, 1.82) is 0 Å². The minimum atomic E-state index is 0.235. The van der Waals surface area contributed by atoms with Gasteiger partial charge in [0.25, 0.3) is 0 Å². The van der Waals surface area contributed by atoms with Gasteiger partial charge in [0.05, 0.1) is 5.69 Å². The van der Waals surface area contributed by atoms with Crippen molar-refractivity contribution in [2.45, 2.75) is 26.3 Å². The van der Waals surface area contributed by atoms with E-state index in [9.17, 15) is 0 Å². The highest BCUT2D eigenvalue weighted by Gasteiger charge is 2.23. The third kappa shape index (κ3) is 2.47. The first-order valence-corrected chi connectivity index (χ1v) is 8.04. The van der Waals surface area contributed by atoms with Gasteiger partial charge in [-0.15, -0.1) is 0 Å². The Morgan fingerprint density at radius 1 is 1.22 bits per heavy atom. The van der Waals surface area contributed by atoms with Crippen LogP contribution in [0.1, 0.15) is 17.5 Å². The summed E-state index contributed by atoms with van der Waals surface area (Å²) >= 11 is 0. The number of fused-ring (bicyclic) bond motifs is 1. The van der Waals surface area contributed by atoms with Crippen molar-refractivity contribution >= 4 is 11.3 Å². The summed E-state index contributed by atoms with van der Waals surface area (Å²) < 4.78 is 1.92. The Bertz CT molecular complexity index is 867. The van der Waals surface area contributed by atoms with E-state index in [1.54, 1.807) is 0 Å². The number of nitrogens with zero attached hydrogens (tertiary/aromatic N) is 4. The van der Waals surface area contributed by atoms with Crippen molar-refractivity contribution in [2.75, 3.05) is 18.0 Å². The average molecular weight is 307 g/mol. The number of aromatic nitrogens is 3. The molecule has 118 valence electrons. The molecular weight excluding hydrogens is 286 g/mol. The molecule has 0 spiro atoms. The predicted molar refractivity (Wildman–Crippen MR) is 92.7 cm³/mol. The number of hydrogen-bond acceptors (Lipinski definition) is 4. The molecule has 2 N–H and O–H groups in total. The molecule has 5 nitrogen and oxygen atoms in total. The SMILES string of the molecule is Cc1ccc(-c2cc3c(N4CCC(N)C4)nccn3n2)c(C)c1. The lowest BCUT2D eigenvalue weighted by molar-refractivity contribution is 0.751. The van der Waals surface area contributed by atoms with E-state index in [0.717, 1.165) is 36.5 Å². The zero-order valence-corrected chi connectivity index (χ0v) is 13.5. The zero-order valence-electron chi connectivity index (χ0n) is 13.5. The second-order valence-electron chi connectivity index (χ2n) is 6.42. The van der Waals surface area contributed by atoms with Gasteiger partial charge in [0, 0.05) is 37.1 Å². The van der Waals surface area contributed by atoms with Crippen molar-refractivity contribution in [3.63, 3.8) is 0 Å². The second kappa shape index (κ2) is 5.35. The average Bonchev–Trinajstić information content (AvgIpc) is 3.12. The van der Waals surface area contributed by atoms with Gasteiger partial charge < -0.3 is 10.6 Å². The monoisotopic (exact) mass is 307 g/mol. The standard InChI is InChI=1S/C18H21N5/c1-12-3-4-15(13(2)9-12)16-10-17-18(20-6-8-23(17)21-16)22-7-5-14(19)11-22/h3-4,6,8-10,14H,5,7,11,19H2,1-2H3. The largest absolute Gasteiger partial charge is 0.353 e. The normalized spacial score (nSPS) is 18.0. The molecule has 1 aliphatic heterocycles. The molecule has 1 unspecified atom stereocenters. The van der Waals surface area contributed by atoms with Crippen molar-refractivity contribution in [2.24, 2.45) is 5.73 Å². The molecule has 0 amide bonds. The van der Waals surface area contributed by atoms with Gasteiger partial charge in [0.15, 0.2) is 5.82 Å². The first-order valence-electron chi connectivity index (χ1n) is 8.04. The Morgan fingerprint density at radius 3 is 2.83 bits per heavy atom. The number of aryl methyl sites for hydroxylation is 2. The maximum absolute atomic E-state index is 6.04.